The van der Waals surface area contributed by atoms with Crippen LogP contribution in [0.2, 0.25) is 0 Å². The van der Waals surface area contributed by atoms with Gasteiger partial charge in [-0.15, -0.1) is 0 Å². The SMILES string of the molecule is CCc1ccc(N=S2(=O)CCN(c3ccc(-c4cc(OC(C)C)cn5ncc(C#N)c45)cn3)CC2)cn1. The van der Waals surface area contributed by atoms with E-state index in [0.717, 1.165) is 29.1 Å². The third-order valence-electron chi connectivity index (χ3n) is 6.27. The van der Waals surface area contributed by atoms with Crippen molar-refractivity contribution < 1.29 is 8.95 Å². The van der Waals surface area contributed by atoms with Crippen LogP contribution in [0.4, 0.5) is 11.5 Å². The Balaban J connectivity index is 1.37. The second-order valence-corrected chi connectivity index (χ2v) is 11.8. The fourth-order valence-corrected chi connectivity index (χ4v) is 6.27. The van der Waals surface area contributed by atoms with Crippen molar-refractivity contribution in [1.82, 2.24) is 19.6 Å². The Morgan fingerprint density at radius 2 is 1.95 bits per heavy atom. The maximum atomic E-state index is 13.3. The van der Waals surface area contributed by atoms with Gasteiger partial charge in [0.05, 0.1) is 51.2 Å². The highest BCUT2D eigenvalue weighted by molar-refractivity contribution is 7.93. The number of anilines is 1. The molecule has 1 fully saturated rings. The lowest BCUT2D eigenvalue weighted by Gasteiger charge is -2.29. The molecule has 1 saturated heterocycles. The number of nitriles is 1. The van der Waals surface area contributed by atoms with Gasteiger partial charge in [-0.2, -0.15) is 14.7 Å². The number of fused-ring (bicyclic) bond motifs is 1. The molecule has 5 heterocycles. The molecule has 0 aromatic carbocycles. The summed E-state index contributed by atoms with van der Waals surface area (Å²) in [5.74, 6) is 2.44. The van der Waals surface area contributed by atoms with Crippen molar-refractivity contribution in [1.29, 1.82) is 5.26 Å². The van der Waals surface area contributed by atoms with E-state index in [1.54, 1.807) is 29.3 Å². The zero-order chi connectivity index (χ0) is 26.0. The Labute approximate surface area is 216 Å². The van der Waals surface area contributed by atoms with Gasteiger partial charge in [0.2, 0.25) is 0 Å². The van der Waals surface area contributed by atoms with Gasteiger partial charge >= 0.3 is 0 Å². The van der Waals surface area contributed by atoms with Crippen LogP contribution in [0.25, 0.3) is 16.6 Å². The molecule has 10 heteroatoms. The molecule has 0 bridgehead atoms. The molecule has 1 aliphatic heterocycles. The Hall–Kier alpha value is -3.97. The number of ether oxygens (including phenoxy) is 1. The lowest BCUT2D eigenvalue weighted by Crippen LogP contribution is -2.40. The summed E-state index contributed by atoms with van der Waals surface area (Å²) in [6, 6.07) is 11.9. The zero-order valence-corrected chi connectivity index (χ0v) is 22.0. The zero-order valence-electron chi connectivity index (χ0n) is 21.2. The number of hydrogen-bond donors (Lipinski definition) is 0. The van der Waals surface area contributed by atoms with Crippen molar-refractivity contribution in [2.24, 2.45) is 4.36 Å². The second kappa shape index (κ2) is 10.2. The maximum absolute atomic E-state index is 13.3. The molecule has 190 valence electrons. The van der Waals surface area contributed by atoms with E-state index in [9.17, 15) is 9.47 Å². The molecule has 0 radical (unpaired) electrons. The molecule has 9 nitrogen and oxygen atoms in total. The standard InChI is InChI=1S/C27H29N7O2S/c1-4-22-6-7-23(17-29-22)32-37(35)11-9-33(10-12-37)26-8-5-20(15-30-26)25-13-24(36-19(2)3)18-34-27(25)21(14-28)16-31-34/h5-8,13,15-19H,4,9-12H2,1-3H3. The van der Waals surface area contributed by atoms with Crippen molar-refractivity contribution in [2.45, 2.75) is 33.3 Å². The molecule has 1 aliphatic rings. The van der Waals surface area contributed by atoms with Crippen molar-refractivity contribution in [2.75, 3.05) is 29.5 Å². The minimum atomic E-state index is -2.33. The number of rotatable bonds is 6. The quantitative estimate of drug-likeness (QED) is 0.368. The van der Waals surface area contributed by atoms with Crippen LogP contribution in [-0.4, -0.2) is 54.5 Å². The van der Waals surface area contributed by atoms with Crippen molar-refractivity contribution in [3.8, 4) is 22.9 Å². The first-order chi connectivity index (χ1) is 17.9. The van der Waals surface area contributed by atoms with Crippen LogP contribution in [0.1, 0.15) is 32.0 Å². The second-order valence-electron chi connectivity index (χ2n) is 9.24. The molecule has 0 saturated carbocycles. The Morgan fingerprint density at radius 3 is 2.57 bits per heavy atom. The summed E-state index contributed by atoms with van der Waals surface area (Å²) in [6.45, 7) is 7.20. The summed E-state index contributed by atoms with van der Waals surface area (Å²) in [7, 11) is -2.33. The van der Waals surface area contributed by atoms with Crippen molar-refractivity contribution in [3.63, 3.8) is 0 Å². The van der Waals surface area contributed by atoms with Gasteiger partial charge in [-0.05, 0) is 50.6 Å². The van der Waals surface area contributed by atoms with Crippen LogP contribution >= 0.6 is 0 Å². The van der Waals surface area contributed by atoms with E-state index in [1.165, 1.54) is 0 Å². The third-order valence-corrected chi connectivity index (χ3v) is 8.45. The average molecular weight is 516 g/mol. The highest BCUT2D eigenvalue weighted by atomic mass is 32.2. The number of aromatic nitrogens is 4. The van der Waals surface area contributed by atoms with Crippen molar-refractivity contribution in [3.05, 3.63) is 66.4 Å². The predicted molar refractivity (Wildman–Crippen MR) is 145 cm³/mol. The van der Waals surface area contributed by atoms with Crippen LogP contribution in [0.15, 0.2) is 59.5 Å². The molecular formula is C27H29N7O2S. The van der Waals surface area contributed by atoms with Gasteiger partial charge in [0.15, 0.2) is 0 Å². The monoisotopic (exact) mass is 515 g/mol. The molecule has 0 amide bonds. The summed E-state index contributed by atoms with van der Waals surface area (Å²) < 4.78 is 25.5. The minimum Gasteiger partial charge on any atom is -0.489 e. The molecule has 37 heavy (non-hydrogen) atoms. The van der Waals surface area contributed by atoms with Crippen molar-refractivity contribution >= 4 is 26.8 Å². The van der Waals surface area contributed by atoms with E-state index in [2.05, 4.69) is 32.3 Å². The van der Waals surface area contributed by atoms with Gasteiger partial charge in [-0.25, -0.2) is 13.7 Å². The molecule has 0 N–H and O–H groups in total. The van der Waals surface area contributed by atoms with Gasteiger partial charge in [-0.3, -0.25) is 4.98 Å². The first-order valence-electron chi connectivity index (χ1n) is 12.3. The number of hydrogen-bond acceptors (Lipinski definition) is 8. The van der Waals surface area contributed by atoms with Crippen LogP contribution in [-0.2, 0) is 16.1 Å². The lowest BCUT2D eigenvalue weighted by molar-refractivity contribution is 0.241. The van der Waals surface area contributed by atoms with Gasteiger partial charge in [0.25, 0.3) is 0 Å². The fraction of sp³-hybridized carbons (Fsp3) is 0.333. The lowest BCUT2D eigenvalue weighted by atomic mass is 10.1. The van der Waals surface area contributed by atoms with Crippen LogP contribution < -0.4 is 9.64 Å². The van der Waals surface area contributed by atoms with E-state index in [0.29, 0.717) is 47.1 Å². The molecule has 0 unspecified atom stereocenters. The van der Waals surface area contributed by atoms with E-state index in [1.807, 2.05) is 44.2 Å². The van der Waals surface area contributed by atoms with E-state index < -0.39 is 9.73 Å². The largest absolute Gasteiger partial charge is 0.489 e. The first-order valence-corrected chi connectivity index (χ1v) is 14.2. The van der Waals surface area contributed by atoms with E-state index in [-0.39, 0.29) is 6.10 Å². The number of nitrogens with zero attached hydrogens (tertiary/aromatic N) is 7. The Morgan fingerprint density at radius 1 is 1.14 bits per heavy atom. The normalized spacial score (nSPS) is 15.1. The highest BCUT2D eigenvalue weighted by Gasteiger charge is 2.22. The Kier molecular flexibility index (Phi) is 6.80. The van der Waals surface area contributed by atoms with Gasteiger partial charge in [0.1, 0.15) is 17.6 Å². The third kappa shape index (κ3) is 5.27. The molecule has 4 aromatic rings. The Bertz CT molecular complexity index is 1560. The molecule has 5 rings (SSSR count). The van der Waals surface area contributed by atoms with Gasteiger partial charge < -0.3 is 9.64 Å². The molecule has 0 aliphatic carbocycles. The van der Waals surface area contributed by atoms with Crippen LogP contribution in [0.3, 0.4) is 0 Å². The van der Waals surface area contributed by atoms with E-state index in [4.69, 9.17) is 9.72 Å². The molecule has 0 spiro atoms. The predicted octanol–water partition coefficient (Wildman–Crippen LogP) is 4.63. The number of pyridine rings is 3. The maximum Gasteiger partial charge on any atom is 0.138 e. The van der Waals surface area contributed by atoms with E-state index >= 15 is 0 Å². The summed E-state index contributed by atoms with van der Waals surface area (Å²) in [4.78, 5) is 11.2. The summed E-state index contributed by atoms with van der Waals surface area (Å²) in [6.07, 6.45) is 7.71. The topological polar surface area (TPSA) is 109 Å². The molecule has 4 aromatic heterocycles. The first kappa shape index (κ1) is 24.7. The molecular weight excluding hydrogens is 486 g/mol. The summed E-state index contributed by atoms with van der Waals surface area (Å²) in [5.41, 5.74) is 4.56. The smallest absolute Gasteiger partial charge is 0.138 e. The van der Waals surface area contributed by atoms with Crippen LogP contribution in [0, 0.1) is 11.3 Å². The summed E-state index contributed by atoms with van der Waals surface area (Å²) in [5, 5.41) is 13.9. The van der Waals surface area contributed by atoms with Crippen LogP contribution in [0.5, 0.6) is 5.75 Å². The van der Waals surface area contributed by atoms with Gasteiger partial charge in [-0.1, -0.05) is 6.92 Å². The number of aryl methyl sites for hydroxylation is 1. The minimum absolute atomic E-state index is 0.00451. The van der Waals surface area contributed by atoms with Gasteiger partial charge in [0, 0.05) is 47.6 Å². The average Bonchev–Trinajstić information content (AvgIpc) is 3.32. The summed E-state index contributed by atoms with van der Waals surface area (Å²) >= 11 is 0. The molecule has 0 atom stereocenters. The highest BCUT2D eigenvalue weighted by Crippen LogP contribution is 2.32. The fourth-order valence-electron chi connectivity index (χ4n) is 4.38.